The summed E-state index contributed by atoms with van der Waals surface area (Å²) in [6.07, 6.45) is -0.649. The van der Waals surface area contributed by atoms with Crippen LogP contribution in [0.2, 0.25) is 0 Å². The predicted octanol–water partition coefficient (Wildman–Crippen LogP) is 4.14. The number of benzene rings is 2. The molecule has 1 amide bonds. The molecule has 0 aromatic heterocycles. The lowest BCUT2D eigenvalue weighted by Gasteiger charge is -2.20. The SMILES string of the molecule is CCOc1ccc(C(C)NC(=O)C(C)Oc2cccc(OC)c2)cc1OCC. The Balaban J connectivity index is 2.03. The van der Waals surface area contributed by atoms with Crippen LogP contribution in [0.1, 0.15) is 39.3 Å². The Morgan fingerprint density at radius 1 is 0.964 bits per heavy atom. The summed E-state index contributed by atoms with van der Waals surface area (Å²) in [6, 6.07) is 12.6. The van der Waals surface area contributed by atoms with Gasteiger partial charge in [0.25, 0.3) is 5.91 Å². The summed E-state index contributed by atoms with van der Waals surface area (Å²) in [7, 11) is 1.59. The van der Waals surface area contributed by atoms with Crippen molar-refractivity contribution in [3.8, 4) is 23.0 Å². The number of hydrogen-bond donors (Lipinski definition) is 1. The molecule has 6 nitrogen and oxygen atoms in total. The zero-order valence-corrected chi connectivity index (χ0v) is 17.2. The fourth-order valence-corrected chi connectivity index (χ4v) is 2.68. The quantitative estimate of drug-likeness (QED) is 0.664. The van der Waals surface area contributed by atoms with Gasteiger partial charge in [0.2, 0.25) is 0 Å². The highest BCUT2D eigenvalue weighted by atomic mass is 16.5. The molecule has 2 rings (SSSR count). The highest BCUT2D eigenvalue weighted by molar-refractivity contribution is 5.81. The van der Waals surface area contributed by atoms with Crippen LogP contribution >= 0.6 is 0 Å². The molecule has 0 aliphatic carbocycles. The Bertz CT molecular complexity index is 777. The fraction of sp³-hybridized carbons (Fsp3) is 0.409. The molecule has 6 heteroatoms. The van der Waals surface area contributed by atoms with Gasteiger partial charge in [-0.1, -0.05) is 12.1 Å². The lowest BCUT2D eigenvalue weighted by Crippen LogP contribution is -2.37. The van der Waals surface area contributed by atoms with E-state index in [1.807, 2.05) is 51.1 Å². The second-order valence-corrected chi connectivity index (χ2v) is 6.24. The summed E-state index contributed by atoms with van der Waals surface area (Å²) < 4.78 is 22.2. The average Bonchev–Trinajstić information content (AvgIpc) is 2.69. The Kier molecular flexibility index (Phi) is 7.99. The predicted molar refractivity (Wildman–Crippen MR) is 108 cm³/mol. The van der Waals surface area contributed by atoms with Crippen molar-refractivity contribution < 1.29 is 23.7 Å². The molecule has 2 aromatic carbocycles. The van der Waals surface area contributed by atoms with Gasteiger partial charge in [-0.15, -0.1) is 0 Å². The number of carbonyl (C=O) groups excluding carboxylic acids is 1. The van der Waals surface area contributed by atoms with Crippen LogP contribution in [0.5, 0.6) is 23.0 Å². The Hall–Kier alpha value is -2.89. The van der Waals surface area contributed by atoms with E-state index in [0.717, 1.165) is 5.56 Å². The van der Waals surface area contributed by atoms with Gasteiger partial charge in [0.15, 0.2) is 17.6 Å². The van der Waals surface area contributed by atoms with Crippen molar-refractivity contribution in [1.29, 1.82) is 0 Å². The van der Waals surface area contributed by atoms with E-state index in [4.69, 9.17) is 18.9 Å². The van der Waals surface area contributed by atoms with Crippen LogP contribution in [0.3, 0.4) is 0 Å². The second kappa shape index (κ2) is 10.4. The van der Waals surface area contributed by atoms with Crippen LogP contribution < -0.4 is 24.3 Å². The minimum atomic E-state index is -0.649. The number of amides is 1. The van der Waals surface area contributed by atoms with Gasteiger partial charge in [0.1, 0.15) is 11.5 Å². The second-order valence-electron chi connectivity index (χ2n) is 6.24. The van der Waals surface area contributed by atoms with Gasteiger partial charge < -0.3 is 24.3 Å². The smallest absolute Gasteiger partial charge is 0.261 e. The molecule has 28 heavy (non-hydrogen) atoms. The first-order valence-corrected chi connectivity index (χ1v) is 9.49. The minimum Gasteiger partial charge on any atom is -0.497 e. The third-order valence-corrected chi connectivity index (χ3v) is 4.15. The van der Waals surface area contributed by atoms with Crippen molar-refractivity contribution in [2.24, 2.45) is 0 Å². The van der Waals surface area contributed by atoms with Gasteiger partial charge >= 0.3 is 0 Å². The van der Waals surface area contributed by atoms with Crippen LogP contribution in [0.25, 0.3) is 0 Å². The van der Waals surface area contributed by atoms with Gasteiger partial charge in [-0.05, 0) is 57.5 Å². The Labute approximate surface area is 166 Å². The Morgan fingerprint density at radius 2 is 1.64 bits per heavy atom. The summed E-state index contributed by atoms with van der Waals surface area (Å²) in [5.41, 5.74) is 0.925. The van der Waals surface area contributed by atoms with Gasteiger partial charge in [-0.25, -0.2) is 0 Å². The maximum absolute atomic E-state index is 12.5. The van der Waals surface area contributed by atoms with E-state index in [2.05, 4.69) is 5.32 Å². The van der Waals surface area contributed by atoms with Crippen LogP contribution in [-0.4, -0.2) is 32.3 Å². The van der Waals surface area contributed by atoms with Crippen LogP contribution in [0, 0.1) is 0 Å². The lowest BCUT2D eigenvalue weighted by molar-refractivity contribution is -0.127. The van der Waals surface area contributed by atoms with E-state index in [1.165, 1.54) is 0 Å². The van der Waals surface area contributed by atoms with Crippen molar-refractivity contribution in [3.63, 3.8) is 0 Å². The largest absolute Gasteiger partial charge is 0.497 e. The fourth-order valence-electron chi connectivity index (χ4n) is 2.68. The molecule has 0 fully saturated rings. The highest BCUT2D eigenvalue weighted by Gasteiger charge is 2.19. The minimum absolute atomic E-state index is 0.206. The zero-order chi connectivity index (χ0) is 20.5. The van der Waals surface area contributed by atoms with Crippen molar-refractivity contribution in [2.45, 2.75) is 39.8 Å². The molecule has 152 valence electrons. The first-order chi connectivity index (χ1) is 13.5. The molecule has 0 bridgehead atoms. The van der Waals surface area contributed by atoms with E-state index in [9.17, 15) is 4.79 Å². The summed E-state index contributed by atoms with van der Waals surface area (Å²) in [5, 5.41) is 2.97. The molecular weight excluding hydrogens is 358 g/mol. The summed E-state index contributed by atoms with van der Waals surface area (Å²) in [4.78, 5) is 12.5. The van der Waals surface area contributed by atoms with Crippen LogP contribution in [-0.2, 0) is 4.79 Å². The molecule has 0 aliphatic heterocycles. The van der Waals surface area contributed by atoms with Crippen LogP contribution in [0.15, 0.2) is 42.5 Å². The molecular formula is C22H29NO5. The number of methoxy groups -OCH3 is 1. The van der Waals surface area contributed by atoms with Gasteiger partial charge in [-0.3, -0.25) is 4.79 Å². The van der Waals surface area contributed by atoms with Gasteiger partial charge in [-0.2, -0.15) is 0 Å². The van der Waals surface area contributed by atoms with E-state index in [1.54, 1.807) is 26.2 Å². The number of ether oxygens (including phenoxy) is 4. The standard InChI is InChI=1S/C22H29NO5/c1-6-26-20-12-11-17(13-21(20)27-7-2)15(3)23-22(24)16(4)28-19-10-8-9-18(14-19)25-5/h8-16H,6-7H2,1-5H3,(H,23,24). The van der Waals surface area contributed by atoms with Gasteiger partial charge in [0.05, 0.1) is 26.4 Å². The number of carbonyl (C=O) groups is 1. The van der Waals surface area contributed by atoms with Crippen molar-refractivity contribution in [1.82, 2.24) is 5.32 Å². The van der Waals surface area contributed by atoms with Crippen molar-refractivity contribution in [2.75, 3.05) is 20.3 Å². The topological polar surface area (TPSA) is 66.0 Å². The first kappa shape index (κ1) is 21.4. The third kappa shape index (κ3) is 5.81. The third-order valence-electron chi connectivity index (χ3n) is 4.15. The maximum Gasteiger partial charge on any atom is 0.261 e. The molecule has 0 aliphatic rings. The molecule has 2 aromatic rings. The van der Waals surface area contributed by atoms with E-state index >= 15 is 0 Å². The molecule has 0 saturated heterocycles. The molecule has 2 unspecified atom stereocenters. The number of nitrogens with one attached hydrogen (secondary N) is 1. The van der Waals surface area contributed by atoms with Crippen molar-refractivity contribution >= 4 is 5.91 Å². The van der Waals surface area contributed by atoms with Crippen molar-refractivity contribution in [3.05, 3.63) is 48.0 Å². The van der Waals surface area contributed by atoms with Crippen LogP contribution in [0.4, 0.5) is 0 Å². The maximum atomic E-state index is 12.5. The first-order valence-electron chi connectivity index (χ1n) is 9.49. The van der Waals surface area contributed by atoms with E-state index in [0.29, 0.717) is 36.2 Å². The molecule has 0 radical (unpaired) electrons. The van der Waals surface area contributed by atoms with E-state index in [-0.39, 0.29) is 11.9 Å². The molecule has 0 saturated carbocycles. The zero-order valence-electron chi connectivity index (χ0n) is 17.2. The van der Waals surface area contributed by atoms with E-state index < -0.39 is 6.10 Å². The average molecular weight is 387 g/mol. The Morgan fingerprint density at radius 3 is 2.32 bits per heavy atom. The molecule has 2 atom stereocenters. The summed E-state index contributed by atoms with van der Waals surface area (Å²) >= 11 is 0. The number of rotatable bonds is 10. The monoisotopic (exact) mass is 387 g/mol. The number of hydrogen-bond acceptors (Lipinski definition) is 5. The molecule has 1 N–H and O–H groups in total. The summed E-state index contributed by atoms with van der Waals surface area (Å²) in [6.45, 7) is 8.58. The molecule has 0 heterocycles. The highest BCUT2D eigenvalue weighted by Crippen LogP contribution is 2.30. The lowest BCUT2D eigenvalue weighted by atomic mass is 10.1. The van der Waals surface area contributed by atoms with Gasteiger partial charge in [0, 0.05) is 6.07 Å². The molecule has 0 spiro atoms. The summed E-state index contributed by atoms with van der Waals surface area (Å²) in [5.74, 6) is 2.41. The normalized spacial score (nSPS) is 12.6.